The van der Waals surface area contributed by atoms with Crippen molar-refractivity contribution in [1.82, 2.24) is 14.8 Å². The molecule has 1 N–H and O–H groups in total. The Labute approximate surface area is 153 Å². The van der Waals surface area contributed by atoms with E-state index in [0.717, 1.165) is 18.4 Å². The smallest absolute Gasteiger partial charge is 0.137 e. The summed E-state index contributed by atoms with van der Waals surface area (Å²) in [6.07, 6.45) is 4.31. The van der Waals surface area contributed by atoms with Gasteiger partial charge in [0.15, 0.2) is 0 Å². The normalized spacial score (nSPS) is 16.0. The summed E-state index contributed by atoms with van der Waals surface area (Å²) in [5.74, 6) is 0.341. The predicted molar refractivity (Wildman–Crippen MR) is 98.5 cm³/mol. The molecule has 4 nitrogen and oxygen atoms in total. The number of hydrogen-bond acceptors (Lipinski definition) is 3. The average Bonchev–Trinajstić information content (AvgIpc) is 3.01. The highest BCUT2D eigenvalue weighted by atomic mass is 35.5. The molecule has 0 bridgehead atoms. The van der Waals surface area contributed by atoms with Gasteiger partial charge < -0.3 is 5.11 Å². The molecule has 3 unspecified atom stereocenters. The lowest BCUT2D eigenvalue weighted by Crippen LogP contribution is -2.36. The first-order valence-corrected chi connectivity index (χ1v) is 8.90. The van der Waals surface area contributed by atoms with E-state index in [9.17, 15) is 5.11 Å². The molecule has 2 aromatic rings. The van der Waals surface area contributed by atoms with Gasteiger partial charge >= 0.3 is 0 Å². The van der Waals surface area contributed by atoms with Crippen LogP contribution in [0, 0.1) is 11.3 Å². The number of aliphatic hydroxyl groups excluding tert-OH is 1. The minimum Gasteiger partial charge on any atom is -0.390 e. The summed E-state index contributed by atoms with van der Waals surface area (Å²) >= 11 is 12.1. The molecule has 1 aromatic carbocycles. The fourth-order valence-corrected chi connectivity index (χ4v) is 3.23. The van der Waals surface area contributed by atoms with Crippen molar-refractivity contribution in [3.63, 3.8) is 0 Å². The zero-order chi connectivity index (χ0) is 17.9. The number of aromatic nitrogens is 3. The highest BCUT2D eigenvalue weighted by molar-refractivity contribution is 6.42. The average molecular weight is 370 g/mol. The first-order valence-electron chi connectivity index (χ1n) is 8.14. The van der Waals surface area contributed by atoms with Gasteiger partial charge in [0.1, 0.15) is 12.7 Å². The first kappa shape index (κ1) is 19.2. The lowest BCUT2D eigenvalue weighted by Gasteiger charge is -2.34. The van der Waals surface area contributed by atoms with Gasteiger partial charge in [-0.2, -0.15) is 5.10 Å². The van der Waals surface area contributed by atoms with Crippen LogP contribution in [0.2, 0.25) is 10.0 Å². The van der Waals surface area contributed by atoms with Crippen molar-refractivity contribution in [3.05, 3.63) is 46.5 Å². The van der Waals surface area contributed by atoms with Crippen molar-refractivity contribution in [3.8, 4) is 0 Å². The van der Waals surface area contributed by atoms with Gasteiger partial charge in [-0.3, -0.25) is 0 Å². The SMILES string of the molecule is CC(Cc1ccc(Cl)c(Cl)c1)CC(C(O)C(C)(C)C)n1cncn1. The summed E-state index contributed by atoms with van der Waals surface area (Å²) in [4.78, 5) is 4.03. The largest absolute Gasteiger partial charge is 0.390 e. The molecule has 0 amide bonds. The molecule has 2 rings (SSSR count). The van der Waals surface area contributed by atoms with Crippen molar-refractivity contribution in [2.75, 3.05) is 0 Å². The van der Waals surface area contributed by atoms with Gasteiger partial charge in [0.05, 0.1) is 22.2 Å². The number of rotatable bonds is 6. The number of nitrogens with zero attached hydrogens (tertiary/aromatic N) is 3. The van der Waals surface area contributed by atoms with Crippen LogP contribution in [0.4, 0.5) is 0 Å². The van der Waals surface area contributed by atoms with Crippen LogP contribution < -0.4 is 0 Å². The molecule has 0 spiro atoms. The Hall–Kier alpha value is -1.10. The monoisotopic (exact) mass is 369 g/mol. The van der Waals surface area contributed by atoms with Crippen LogP contribution in [-0.2, 0) is 6.42 Å². The van der Waals surface area contributed by atoms with E-state index in [1.165, 1.54) is 6.33 Å². The quantitative estimate of drug-likeness (QED) is 0.795. The molecule has 0 radical (unpaired) electrons. The molecule has 0 aliphatic rings. The summed E-state index contributed by atoms with van der Waals surface area (Å²) in [5, 5.41) is 16.2. The van der Waals surface area contributed by atoms with E-state index in [4.69, 9.17) is 23.2 Å². The molecule has 132 valence electrons. The van der Waals surface area contributed by atoms with Crippen LogP contribution in [0.3, 0.4) is 0 Å². The van der Waals surface area contributed by atoms with Crippen LogP contribution in [0.15, 0.2) is 30.9 Å². The second-order valence-corrected chi connectivity index (χ2v) is 8.36. The van der Waals surface area contributed by atoms with E-state index in [2.05, 4.69) is 17.0 Å². The molecular formula is C18H25Cl2N3O. The van der Waals surface area contributed by atoms with Crippen molar-refractivity contribution in [1.29, 1.82) is 0 Å². The van der Waals surface area contributed by atoms with E-state index in [1.807, 2.05) is 39.0 Å². The Morgan fingerprint density at radius 3 is 2.46 bits per heavy atom. The Bertz CT molecular complexity index is 653. The van der Waals surface area contributed by atoms with E-state index in [1.54, 1.807) is 11.0 Å². The van der Waals surface area contributed by atoms with Gasteiger partial charge in [-0.1, -0.05) is 57.0 Å². The van der Waals surface area contributed by atoms with Crippen molar-refractivity contribution < 1.29 is 5.11 Å². The van der Waals surface area contributed by atoms with E-state index < -0.39 is 6.10 Å². The molecule has 0 aliphatic carbocycles. The summed E-state index contributed by atoms with van der Waals surface area (Å²) < 4.78 is 1.77. The molecule has 0 saturated carbocycles. The summed E-state index contributed by atoms with van der Waals surface area (Å²) in [5.41, 5.74) is 0.902. The molecule has 24 heavy (non-hydrogen) atoms. The third-order valence-corrected chi connectivity index (χ3v) is 4.98. The van der Waals surface area contributed by atoms with Crippen molar-refractivity contribution >= 4 is 23.2 Å². The third-order valence-electron chi connectivity index (χ3n) is 4.24. The maximum Gasteiger partial charge on any atom is 0.137 e. The maximum atomic E-state index is 10.8. The predicted octanol–water partition coefficient (Wildman–Crippen LogP) is 4.80. The third kappa shape index (κ3) is 4.95. The van der Waals surface area contributed by atoms with Crippen molar-refractivity contribution in [2.45, 2.75) is 52.7 Å². The number of halogens is 2. The fraction of sp³-hybridized carbons (Fsp3) is 0.556. The topological polar surface area (TPSA) is 50.9 Å². The first-order chi connectivity index (χ1) is 11.2. The van der Waals surface area contributed by atoms with Crippen LogP contribution in [0.25, 0.3) is 0 Å². The second kappa shape index (κ2) is 7.85. The highest BCUT2D eigenvalue weighted by Crippen LogP contribution is 2.33. The molecule has 6 heteroatoms. The molecule has 0 aliphatic heterocycles. The van der Waals surface area contributed by atoms with E-state index >= 15 is 0 Å². The molecule has 0 saturated heterocycles. The molecule has 1 aromatic heterocycles. The minimum atomic E-state index is -0.518. The van der Waals surface area contributed by atoms with E-state index in [-0.39, 0.29) is 11.5 Å². The van der Waals surface area contributed by atoms with Crippen molar-refractivity contribution in [2.24, 2.45) is 11.3 Å². The van der Waals surface area contributed by atoms with Gasteiger partial charge in [0.25, 0.3) is 0 Å². The Balaban J connectivity index is 2.12. The molecule has 1 heterocycles. The van der Waals surface area contributed by atoms with Crippen LogP contribution in [-0.4, -0.2) is 26.0 Å². The Kier molecular flexibility index (Phi) is 6.29. The Morgan fingerprint density at radius 1 is 1.21 bits per heavy atom. The van der Waals surface area contributed by atoms with Gasteiger partial charge in [0.2, 0.25) is 0 Å². The highest BCUT2D eigenvalue weighted by Gasteiger charge is 2.33. The lowest BCUT2D eigenvalue weighted by molar-refractivity contribution is 0.00439. The summed E-state index contributed by atoms with van der Waals surface area (Å²) in [6, 6.07) is 5.61. The summed E-state index contributed by atoms with van der Waals surface area (Å²) in [7, 11) is 0. The van der Waals surface area contributed by atoms with Crippen LogP contribution >= 0.6 is 23.2 Å². The van der Waals surface area contributed by atoms with E-state index in [0.29, 0.717) is 16.0 Å². The minimum absolute atomic E-state index is 0.120. The molecule has 3 atom stereocenters. The van der Waals surface area contributed by atoms with Gasteiger partial charge in [-0.05, 0) is 41.9 Å². The van der Waals surface area contributed by atoms with Gasteiger partial charge in [-0.15, -0.1) is 0 Å². The number of benzene rings is 1. The lowest BCUT2D eigenvalue weighted by atomic mass is 9.81. The zero-order valence-corrected chi connectivity index (χ0v) is 16.1. The standard InChI is InChI=1S/C18H25Cl2N3O/c1-12(7-13-5-6-14(19)15(20)9-13)8-16(17(24)18(2,3)4)23-11-21-10-22-23/h5-6,9-12,16-17,24H,7-8H2,1-4H3. The molecule has 0 fully saturated rings. The fourth-order valence-electron chi connectivity index (χ4n) is 2.91. The second-order valence-electron chi connectivity index (χ2n) is 7.55. The number of aliphatic hydroxyl groups is 1. The molecular weight excluding hydrogens is 345 g/mol. The van der Waals surface area contributed by atoms with Crippen LogP contribution in [0.1, 0.15) is 45.7 Å². The van der Waals surface area contributed by atoms with Crippen LogP contribution in [0.5, 0.6) is 0 Å². The zero-order valence-electron chi connectivity index (χ0n) is 14.6. The summed E-state index contributed by atoms with van der Waals surface area (Å²) in [6.45, 7) is 8.27. The van der Waals surface area contributed by atoms with Gasteiger partial charge in [-0.25, -0.2) is 9.67 Å². The van der Waals surface area contributed by atoms with Gasteiger partial charge in [0, 0.05) is 0 Å². The Morgan fingerprint density at radius 2 is 1.92 bits per heavy atom. The maximum absolute atomic E-state index is 10.8. The number of hydrogen-bond donors (Lipinski definition) is 1.